The molecule has 0 aliphatic heterocycles. The van der Waals surface area contributed by atoms with Crippen molar-refractivity contribution in [1.82, 2.24) is 9.38 Å². The Morgan fingerprint density at radius 3 is 2.60 bits per heavy atom. The zero-order chi connectivity index (χ0) is 14.3. The number of benzene rings is 1. The zero-order valence-corrected chi connectivity index (χ0v) is 11.4. The standard InChI is InChI=1S/C16H15N3O/c1-10-5-3-4-6-12(10)14-9-19-8-11(2)13(16(17)20)7-15(19)18-14/h3-9H,1-2H3,(H2,17,20). The summed E-state index contributed by atoms with van der Waals surface area (Å²) in [6, 6.07) is 9.83. The normalized spacial score (nSPS) is 10.9. The second-order valence-corrected chi connectivity index (χ2v) is 4.94. The molecule has 2 heterocycles. The van der Waals surface area contributed by atoms with E-state index >= 15 is 0 Å². The van der Waals surface area contributed by atoms with Gasteiger partial charge >= 0.3 is 0 Å². The van der Waals surface area contributed by atoms with Gasteiger partial charge in [0.1, 0.15) is 5.65 Å². The van der Waals surface area contributed by atoms with E-state index in [4.69, 9.17) is 5.73 Å². The third-order valence-electron chi connectivity index (χ3n) is 3.48. The molecule has 0 saturated heterocycles. The fourth-order valence-corrected chi connectivity index (χ4v) is 2.39. The van der Waals surface area contributed by atoms with Crippen molar-refractivity contribution in [2.45, 2.75) is 13.8 Å². The Bertz CT molecular complexity index is 818. The van der Waals surface area contributed by atoms with E-state index in [0.29, 0.717) is 5.56 Å². The van der Waals surface area contributed by atoms with Crippen LogP contribution in [0.15, 0.2) is 42.7 Å². The summed E-state index contributed by atoms with van der Waals surface area (Å²) in [5, 5.41) is 0. The molecule has 4 heteroatoms. The van der Waals surface area contributed by atoms with Crippen LogP contribution in [0.1, 0.15) is 21.5 Å². The van der Waals surface area contributed by atoms with Crippen LogP contribution in [0.2, 0.25) is 0 Å². The Balaban J connectivity index is 2.21. The van der Waals surface area contributed by atoms with E-state index in [9.17, 15) is 4.79 Å². The molecule has 100 valence electrons. The van der Waals surface area contributed by atoms with E-state index in [1.807, 2.05) is 41.9 Å². The van der Waals surface area contributed by atoms with Gasteiger partial charge in [-0.15, -0.1) is 0 Å². The first-order valence-corrected chi connectivity index (χ1v) is 6.41. The summed E-state index contributed by atoms with van der Waals surface area (Å²) in [5.41, 5.74) is 10.6. The van der Waals surface area contributed by atoms with Crippen molar-refractivity contribution < 1.29 is 4.79 Å². The van der Waals surface area contributed by atoms with E-state index in [0.717, 1.165) is 22.5 Å². The lowest BCUT2D eigenvalue weighted by Crippen LogP contribution is -2.13. The molecule has 0 saturated carbocycles. The van der Waals surface area contributed by atoms with Crippen LogP contribution in [0, 0.1) is 13.8 Å². The molecule has 3 rings (SSSR count). The average Bonchev–Trinajstić information content (AvgIpc) is 2.80. The summed E-state index contributed by atoms with van der Waals surface area (Å²) in [6.45, 7) is 3.92. The third kappa shape index (κ3) is 1.95. The molecule has 0 fully saturated rings. The number of amides is 1. The van der Waals surface area contributed by atoms with Crippen LogP contribution in [0.3, 0.4) is 0 Å². The summed E-state index contributed by atoms with van der Waals surface area (Å²) in [5.74, 6) is -0.426. The first-order valence-electron chi connectivity index (χ1n) is 6.41. The van der Waals surface area contributed by atoms with Crippen molar-refractivity contribution in [3.05, 3.63) is 59.4 Å². The van der Waals surface area contributed by atoms with Crippen LogP contribution < -0.4 is 5.73 Å². The van der Waals surface area contributed by atoms with Gasteiger partial charge in [-0.2, -0.15) is 0 Å². The largest absolute Gasteiger partial charge is 0.366 e. The van der Waals surface area contributed by atoms with Gasteiger partial charge in [0.05, 0.1) is 5.69 Å². The van der Waals surface area contributed by atoms with E-state index < -0.39 is 5.91 Å². The highest BCUT2D eigenvalue weighted by Crippen LogP contribution is 2.23. The van der Waals surface area contributed by atoms with Gasteiger partial charge in [-0.3, -0.25) is 4.79 Å². The molecule has 0 spiro atoms. The molecular formula is C16H15N3O. The van der Waals surface area contributed by atoms with Crippen molar-refractivity contribution in [2.75, 3.05) is 0 Å². The molecule has 1 amide bonds. The zero-order valence-electron chi connectivity index (χ0n) is 11.4. The second kappa shape index (κ2) is 4.49. The predicted octanol–water partition coefficient (Wildman–Crippen LogP) is 2.72. The average molecular weight is 265 g/mol. The maximum atomic E-state index is 11.4. The molecule has 0 aliphatic carbocycles. The van der Waals surface area contributed by atoms with Crippen LogP contribution in [0.25, 0.3) is 16.9 Å². The van der Waals surface area contributed by atoms with Crippen molar-refractivity contribution in [3.63, 3.8) is 0 Å². The molecule has 2 N–H and O–H groups in total. The lowest BCUT2D eigenvalue weighted by molar-refractivity contribution is 0.0999. The number of carbonyl (C=O) groups is 1. The molecule has 20 heavy (non-hydrogen) atoms. The Labute approximate surface area is 116 Å². The topological polar surface area (TPSA) is 60.4 Å². The maximum Gasteiger partial charge on any atom is 0.249 e. The van der Waals surface area contributed by atoms with Crippen molar-refractivity contribution in [2.24, 2.45) is 5.73 Å². The monoisotopic (exact) mass is 265 g/mol. The number of carbonyl (C=O) groups excluding carboxylic acids is 1. The van der Waals surface area contributed by atoms with Crippen LogP contribution in [0.5, 0.6) is 0 Å². The van der Waals surface area contributed by atoms with E-state index in [1.165, 1.54) is 5.56 Å². The minimum absolute atomic E-state index is 0.426. The van der Waals surface area contributed by atoms with Crippen LogP contribution >= 0.6 is 0 Å². The SMILES string of the molecule is Cc1cn2cc(-c3ccccc3C)nc2cc1C(N)=O. The van der Waals surface area contributed by atoms with Gasteiger partial charge in [0.25, 0.3) is 0 Å². The van der Waals surface area contributed by atoms with E-state index in [-0.39, 0.29) is 0 Å². The first kappa shape index (κ1) is 12.4. The smallest absolute Gasteiger partial charge is 0.249 e. The number of pyridine rings is 1. The van der Waals surface area contributed by atoms with Gasteiger partial charge in [0.15, 0.2) is 0 Å². The van der Waals surface area contributed by atoms with Gasteiger partial charge in [0, 0.05) is 23.5 Å². The van der Waals surface area contributed by atoms with Crippen molar-refractivity contribution in [3.8, 4) is 11.3 Å². The molecule has 2 aromatic heterocycles. The van der Waals surface area contributed by atoms with Crippen molar-refractivity contribution in [1.29, 1.82) is 0 Å². The Hall–Kier alpha value is -2.62. The molecule has 0 atom stereocenters. The van der Waals surface area contributed by atoms with Gasteiger partial charge in [-0.05, 0) is 31.0 Å². The second-order valence-electron chi connectivity index (χ2n) is 4.94. The molecule has 0 unspecified atom stereocenters. The minimum atomic E-state index is -0.426. The molecule has 0 aliphatic rings. The minimum Gasteiger partial charge on any atom is -0.366 e. The number of primary amides is 1. The van der Waals surface area contributed by atoms with Gasteiger partial charge in [0.2, 0.25) is 5.91 Å². The molecule has 0 bridgehead atoms. The fraction of sp³-hybridized carbons (Fsp3) is 0.125. The number of nitrogens with two attached hydrogens (primary N) is 1. The maximum absolute atomic E-state index is 11.4. The Morgan fingerprint density at radius 1 is 1.15 bits per heavy atom. The van der Waals surface area contributed by atoms with Crippen LogP contribution in [-0.2, 0) is 0 Å². The van der Waals surface area contributed by atoms with Crippen LogP contribution in [-0.4, -0.2) is 15.3 Å². The Kier molecular flexibility index (Phi) is 2.79. The number of rotatable bonds is 2. The van der Waals surface area contributed by atoms with Gasteiger partial charge in [-0.25, -0.2) is 4.98 Å². The molecule has 0 radical (unpaired) electrons. The number of imidazole rings is 1. The number of aromatic nitrogens is 2. The fourth-order valence-electron chi connectivity index (χ4n) is 2.39. The van der Waals surface area contributed by atoms with Gasteiger partial charge in [-0.1, -0.05) is 24.3 Å². The molecule has 3 aromatic rings. The number of fused-ring (bicyclic) bond motifs is 1. The van der Waals surface area contributed by atoms with Gasteiger partial charge < -0.3 is 10.1 Å². The lowest BCUT2D eigenvalue weighted by Gasteiger charge is -2.01. The van der Waals surface area contributed by atoms with E-state index in [1.54, 1.807) is 6.07 Å². The first-order chi connectivity index (χ1) is 9.56. The number of hydrogen-bond acceptors (Lipinski definition) is 2. The quantitative estimate of drug-likeness (QED) is 0.774. The lowest BCUT2D eigenvalue weighted by atomic mass is 10.1. The summed E-state index contributed by atoms with van der Waals surface area (Å²) in [6.07, 6.45) is 3.85. The predicted molar refractivity (Wildman–Crippen MR) is 78.6 cm³/mol. The highest BCUT2D eigenvalue weighted by atomic mass is 16.1. The number of nitrogens with zero attached hydrogens (tertiary/aromatic N) is 2. The molecule has 1 aromatic carbocycles. The third-order valence-corrected chi connectivity index (χ3v) is 3.48. The molecular weight excluding hydrogens is 250 g/mol. The van der Waals surface area contributed by atoms with Crippen molar-refractivity contribution >= 4 is 11.6 Å². The van der Waals surface area contributed by atoms with Crippen LogP contribution in [0.4, 0.5) is 0 Å². The molecule has 4 nitrogen and oxygen atoms in total. The summed E-state index contributed by atoms with van der Waals surface area (Å²) in [7, 11) is 0. The highest BCUT2D eigenvalue weighted by Gasteiger charge is 2.11. The Morgan fingerprint density at radius 2 is 1.90 bits per heavy atom. The van der Waals surface area contributed by atoms with E-state index in [2.05, 4.69) is 18.0 Å². The number of aryl methyl sites for hydroxylation is 2. The summed E-state index contributed by atoms with van der Waals surface area (Å²) in [4.78, 5) is 16.0. The highest BCUT2D eigenvalue weighted by molar-refractivity contribution is 5.95. The number of hydrogen-bond donors (Lipinski definition) is 1. The summed E-state index contributed by atoms with van der Waals surface area (Å²) < 4.78 is 1.92. The summed E-state index contributed by atoms with van der Waals surface area (Å²) >= 11 is 0.